The Kier molecular flexibility index (Phi) is 8.19. The summed E-state index contributed by atoms with van der Waals surface area (Å²) in [5.74, 6) is -0.265. The number of nitrogens with zero attached hydrogens (tertiary/aromatic N) is 1. The van der Waals surface area contributed by atoms with Gasteiger partial charge in [0, 0.05) is 12.2 Å². The van der Waals surface area contributed by atoms with Crippen LogP contribution in [0.3, 0.4) is 0 Å². The van der Waals surface area contributed by atoms with Crippen LogP contribution in [0.5, 0.6) is 5.75 Å². The maximum Gasteiger partial charge on any atom is 0.247 e. The zero-order valence-corrected chi connectivity index (χ0v) is 19.1. The third-order valence-electron chi connectivity index (χ3n) is 5.38. The zero-order chi connectivity index (χ0) is 23.8. The largest absolute Gasteiger partial charge is 0.497 e. The molecule has 3 aromatic carbocycles. The summed E-state index contributed by atoms with van der Waals surface area (Å²) in [4.78, 5) is 28.4. The van der Waals surface area contributed by atoms with Gasteiger partial charge in [0.05, 0.1) is 13.5 Å². The summed E-state index contributed by atoms with van der Waals surface area (Å²) in [6, 6.07) is 21.7. The number of ether oxygens (including phenoxy) is 1. The summed E-state index contributed by atoms with van der Waals surface area (Å²) < 4.78 is 18.6. The first-order valence-corrected chi connectivity index (χ1v) is 10.9. The third-order valence-corrected chi connectivity index (χ3v) is 5.38. The number of rotatable bonds is 9. The normalized spacial score (nSPS) is 11.7. The van der Waals surface area contributed by atoms with Gasteiger partial charge >= 0.3 is 0 Å². The van der Waals surface area contributed by atoms with Gasteiger partial charge in [-0.3, -0.25) is 9.59 Å². The predicted molar refractivity (Wildman–Crippen MR) is 127 cm³/mol. The molecule has 0 bridgehead atoms. The maximum absolute atomic E-state index is 13.4. The Morgan fingerprint density at radius 1 is 0.909 bits per heavy atom. The first-order valence-electron chi connectivity index (χ1n) is 10.9. The molecule has 3 rings (SSSR count). The van der Waals surface area contributed by atoms with Crippen LogP contribution in [0, 0.1) is 11.7 Å². The van der Waals surface area contributed by atoms with Crippen LogP contribution in [0.25, 0.3) is 0 Å². The number of carbonyl (C=O) groups excluding carboxylic acids is 2. The van der Waals surface area contributed by atoms with Gasteiger partial charge in [0.2, 0.25) is 11.8 Å². The van der Waals surface area contributed by atoms with E-state index in [1.807, 2.05) is 44.2 Å². The van der Waals surface area contributed by atoms with Gasteiger partial charge in [-0.05, 0) is 53.4 Å². The van der Waals surface area contributed by atoms with Crippen molar-refractivity contribution in [3.05, 3.63) is 95.8 Å². The highest BCUT2D eigenvalue weighted by molar-refractivity contribution is 5.97. The number of anilines is 1. The summed E-state index contributed by atoms with van der Waals surface area (Å²) in [5, 5.41) is 2.92. The number of nitrogens with one attached hydrogen (secondary N) is 1. The number of hydrogen-bond acceptors (Lipinski definition) is 3. The average molecular weight is 449 g/mol. The predicted octanol–water partition coefficient (Wildman–Crippen LogP) is 5.07. The monoisotopic (exact) mass is 448 g/mol. The summed E-state index contributed by atoms with van der Waals surface area (Å²) in [7, 11) is 1.58. The molecule has 5 nitrogen and oxygen atoms in total. The Balaban J connectivity index is 1.88. The van der Waals surface area contributed by atoms with E-state index >= 15 is 0 Å². The van der Waals surface area contributed by atoms with E-state index in [1.165, 1.54) is 12.1 Å². The van der Waals surface area contributed by atoms with Crippen molar-refractivity contribution in [1.29, 1.82) is 0 Å². The second-order valence-electron chi connectivity index (χ2n) is 8.22. The van der Waals surface area contributed by atoms with Crippen LogP contribution in [-0.4, -0.2) is 29.9 Å². The topological polar surface area (TPSA) is 58.6 Å². The summed E-state index contributed by atoms with van der Waals surface area (Å²) in [6.07, 6.45) is 0.168. The third kappa shape index (κ3) is 6.65. The van der Waals surface area contributed by atoms with E-state index in [2.05, 4.69) is 5.32 Å². The molecule has 0 spiro atoms. The molecule has 0 aliphatic heterocycles. The van der Waals surface area contributed by atoms with Gasteiger partial charge in [0.25, 0.3) is 0 Å². The Hall–Kier alpha value is -3.67. The number of carbonyl (C=O) groups is 2. The highest BCUT2D eigenvalue weighted by Gasteiger charge is 2.32. The van der Waals surface area contributed by atoms with Crippen LogP contribution in [0.1, 0.15) is 25.0 Å². The van der Waals surface area contributed by atoms with E-state index in [9.17, 15) is 14.0 Å². The fourth-order valence-electron chi connectivity index (χ4n) is 3.69. The molecule has 1 atom stereocenters. The van der Waals surface area contributed by atoms with Crippen LogP contribution in [-0.2, 0) is 22.6 Å². The van der Waals surface area contributed by atoms with E-state index in [1.54, 1.807) is 48.4 Å². The van der Waals surface area contributed by atoms with E-state index in [-0.39, 0.29) is 36.5 Å². The van der Waals surface area contributed by atoms with Gasteiger partial charge in [-0.2, -0.15) is 0 Å². The van der Waals surface area contributed by atoms with Crippen molar-refractivity contribution in [3.63, 3.8) is 0 Å². The molecule has 0 heterocycles. The molecule has 3 aromatic rings. The fourth-order valence-corrected chi connectivity index (χ4v) is 3.69. The smallest absolute Gasteiger partial charge is 0.247 e. The molecule has 0 saturated carbocycles. The SMILES string of the molecule is COc1ccc(NC(=O)C(C(C)C)N(Cc2ccc(F)cc2)C(=O)Cc2ccccc2)cc1. The lowest BCUT2D eigenvalue weighted by atomic mass is 9.99. The number of halogens is 1. The van der Waals surface area contributed by atoms with Gasteiger partial charge in [-0.15, -0.1) is 0 Å². The summed E-state index contributed by atoms with van der Waals surface area (Å²) in [6.45, 7) is 4.02. The lowest BCUT2D eigenvalue weighted by Gasteiger charge is -2.34. The Bertz CT molecular complexity index is 1050. The Labute approximate surface area is 194 Å². The van der Waals surface area contributed by atoms with Crippen molar-refractivity contribution in [1.82, 2.24) is 4.90 Å². The highest BCUT2D eigenvalue weighted by Crippen LogP contribution is 2.21. The first-order chi connectivity index (χ1) is 15.9. The molecule has 0 aliphatic rings. The molecule has 0 aliphatic carbocycles. The lowest BCUT2D eigenvalue weighted by molar-refractivity contribution is -0.140. The Morgan fingerprint density at radius 3 is 2.12 bits per heavy atom. The molecule has 0 saturated heterocycles. The van der Waals surface area contributed by atoms with Crippen LogP contribution in [0.2, 0.25) is 0 Å². The zero-order valence-electron chi connectivity index (χ0n) is 19.1. The summed E-state index contributed by atoms with van der Waals surface area (Å²) >= 11 is 0. The van der Waals surface area contributed by atoms with E-state index in [0.29, 0.717) is 11.4 Å². The van der Waals surface area contributed by atoms with Crippen molar-refractivity contribution < 1.29 is 18.7 Å². The minimum absolute atomic E-state index is 0.150. The fraction of sp³-hybridized carbons (Fsp3) is 0.259. The van der Waals surface area contributed by atoms with Crippen LogP contribution >= 0.6 is 0 Å². The van der Waals surface area contributed by atoms with Crippen LogP contribution < -0.4 is 10.1 Å². The van der Waals surface area contributed by atoms with Gasteiger partial charge in [0.15, 0.2) is 0 Å². The first kappa shape index (κ1) is 24.0. The minimum atomic E-state index is -0.714. The molecular formula is C27H29FN2O3. The van der Waals surface area contributed by atoms with Gasteiger partial charge in [-0.1, -0.05) is 56.3 Å². The minimum Gasteiger partial charge on any atom is -0.497 e. The van der Waals surface area contributed by atoms with Gasteiger partial charge < -0.3 is 15.0 Å². The molecule has 1 unspecified atom stereocenters. The van der Waals surface area contributed by atoms with Crippen molar-refractivity contribution in [2.24, 2.45) is 5.92 Å². The maximum atomic E-state index is 13.4. The molecule has 0 fully saturated rings. The molecule has 6 heteroatoms. The molecule has 2 amide bonds. The average Bonchev–Trinajstić information content (AvgIpc) is 2.81. The van der Waals surface area contributed by atoms with Crippen LogP contribution in [0.4, 0.5) is 10.1 Å². The lowest BCUT2D eigenvalue weighted by Crippen LogP contribution is -2.50. The molecule has 33 heavy (non-hydrogen) atoms. The van der Waals surface area contributed by atoms with E-state index in [4.69, 9.17) is 4.74 Å². The number of hydrogen-bond donors (Lipinski definition) is 1. The quantitative estimate of drug-likeness (QED) is 0.497. The molecule has 0 radical (unpaired) electrons. The van der Waals surface area contributed by atoms with Gasteiger partial charge in [-0.25, -0.2) is 4.39 Å². The Morgan fingerprint density at radius 2 is 1.55 bits per heavy atom. The second-order valence-corrected chi connectivity index (χ2v) is 8.22. The van der Waals surface area contributed by atoms with Crippen molar-refractivity contribution in [2.45, 2.75) is 32.9 Å². The van der Waals surface area contributed by atoms with Gasteiger partial charge in [0.1, 0.15) is 17.6 Å². The van der Waals surface area contributed by atoms with Crippen molar-refractivity contribution in [3.8, 4) is 5.75 Å². The highest BCUT2D eigenvalue weighted by atomic mass is 19.1. The van der Waals surface area contributed by atoms with Crippen LogP contribution in [0.15, 0.2) is 78.9 Å². The number of methoxy groups -OCH3 is 1. The molecule has 0 aromatic heterocycles. The van der Waals surface area contributed by atoms with Crippen molar-refractivity contribution in [2.75, 3.05) is 12.4 Å². The second kappa shape index (κ2) is 11.3. The van der Waals surface area contributed by atoms with Crippen molar-refractivity contribution >= 4 is 17.5 Å². The summed E-state index contributed by atoms with van der Waals surface area (Å²) in [5.41, 5.74) is 2.23. The van der Waals surface area contributed by atoms with E-state index < -0.39 is 6.04 Å². The molecular weight excluding hydrogens is 419 g/mol. The molecule has 172 valence electrons. The number of amides is 2. The standard InChI is InChI=1S/C27H29FN2O3/c1-19(2)26(27(32)29-23-13-15-24(33-3)16-14-23)30(18-21-9-11-22(28)12-10-21)25(31)17-20-7-5-4-6-8-20/h4-16,19,26H,17-18H2,1-3H3,(H,29,32). The van der Waals surface area contributed by atoms with E-state index in [0.717, 1.165) is 11.1 Å². The molecule has 1 N–H and O–H groups in total. The number of benzene rings is 3.